The van der Waals surface area contributed by atoms with Crippen LogP contribution in [-0.2, 0) is 0 Å². The lowest BCUT2D eigenvalue weighted by Crippen LogP contribution is -2.08. The largest absolute Gasteiger partial charge is 0.378 e. The Hall–Kier alpha value is -2.19. The number of hydrogen-bond donors (Lipinski definition) is 4. The summed E-state index contributed by atoms with van der Waals surface area (Å²) in [5, 5.41) is 9.87. The molecule has 0 bridgehead atoms. The van der Waals surface area contributed by atoms with Crippen molar-refractivity contribution in [3.63, 3.8) is 0 Å². The SMILES string of the molecule is CN(C)c1ccc(Nc2nc(=S)[nH]c3[nH][nH]c(=S)c23)cc1. The number of anilines is 3. The molecule has 21 heavy (non-hydrogen) atoms. The fourth-order valence-electron chi connectivity index (χ4n) is 2.04. The van der Waals surface area contributed by atoms with Crippen molar-refractivity contribution in [3.05, 3.63) is 33.7 Å². The van der Waals surface area contributed by atoms with Crippen molar-refractivity contribution in [3.8, 4) is 0 Å². The topological polar surface area (TPSA) is 75.5 Å². The quantitative estimate of drug-likeness (QED) is 0.556. The Bertz CT molecular complexity index is 887. The van der Waals surface area contributed by atoms with Crippen LogP contribution in [0.1, 0.15) is 0 Å². The summed E-state index contributed by atoms with van der Waals surface area (Å²) < 4.78 is 0.969. The molecule has 2 heterocycles. The van der Waals surface area contributed by atoms with Gasteiger partial charge in [-0.3, -0.25) is 10.2 Å². The van der Waals surface area contributed by atoms with Crippen molar-refractivity contribution in [1.82, 2.24) is 20.2 Å². The molecule has 3 rings (SSSR count). The van der Waals surface area contributed by atoms with Gasteiger partial charge in [-0.25, -0.2) is 4.98 Å². The van der Waals surface area contributed by atoms with Crippen LogP contribution in [0.5, 0.6) is 0 Å². The van der Waals surface area contributed by atoms with Crippen molar-refractivity contribution < 1.29 is 0 Å². The second kappa shape index (κ2) is 5.30. The first-order valence-corrected chi connectivity index (χ1v) is 7.11. The summed E-state index contributed by atoms with van der Waals surface area (Å²) in [5.74, 6) is 0.633. The van der Waals surface area contributed by atoms with E-state index in [2.05, 4.69) is 25.5 Å². The third-order valence-electron chi connectivity index (χ3n) is 3.11. The van der Waals surface area contributed by atoms with E-state index in [-0.39, 0.29) is 0 Å². The number of H-pyrrole nitrogens is 3. The van der Waals surface area contributed by atoms with Gasteiger partial charge >= 0.3 is 0 Å². The van der Waals surface area contributed by atoms with Gasteiger partial charge in [-0.1, -0.05) is 12.2 Å². The Kier molecular flexibility index (Phi) is 3.48. The minimum atomic E-state index is 0.389. The number of hydrogen-bond acceptors (Lipinski definition) is 5. The first-order chi connectivity index (χ1) is 10.0. The molecule has 0 aliphatic heterocycles. The molecule has 0 unspecified atom stereocenters. The van der Waals surface area contributed by atoms with Crippen LogP contribution in [0.2, 0.25) is 0 Å². The number of aromatic amines is 3. The fourth-order valence-corrected chi connectivity index (χ4v) is 2.48. The zero-order valence-corrected chi connectivity index (χ0v) is 13.2. The molecule has 3 aromatic rings. The van der Waals surface area contributed by atoms with Gasteiger partial charge in [0.15, 0.2) is 4.77 Å². The third-order valence-corrected chi connectivity index (χ3v) is 3.61. The van der Waals surface area contributed by atoms with Crippen LogP contribution in [0, 0.1) is 9.41 Å². The number of nitrogens with one attached hydrogen (secondary N) is 4. The molecule has 0 aliphatic carbocycles. The second-order valence-corrected chi connectivity index (χ2v) is 5.58. The minimum absolute atomic E-state index is 0.389. The molecule has 0 spiro atoms. The Morgan fingerprint density at radius 3 is 2.48 bits per heavy atom. The number of fused-ring (bicyclic) bond motifs is 1. The number of benzene rings is 1. The Morgan fingerprint density at radius 1 is 1.10 bits per heavy atom. The molecular formula is C13H14N6S2. The monoisotopic (exact) mass is 318 g/mol. The second-order valence-electron chi connectivity index (χ2n) is 4.79. The van der Waals surface area contributed by atoms with Crippen molar-refractivity contribution in [2.75, 3.05) is 24.3 Å². The van der Waals surface area contributed by atoms with Crippen molar-refractivity contribution >= 4 is 52.7 Å². The zero-order valence-electron chi connectivity index (χ0n) is 11.5. The van der Waals surface area contributed by atoms with Crippen molar-refractivity contribution in [2.24, 2.45) is 0 Å². The van der Waals surface area contributed by atoms with Gasteiger partial charge in [0.1, 0.15) is 16.1 Å². The minimum Gasteiger partial charge on any atom is -0.378 e. The third kappa shape index (κ3) is 2.67. The summed E-state index contributed by atoms with van der Waals surface area (Å²) >= 11 is 10.4. The number of rotatable bonds is 3. The molecule has 0 fully saturated rings. The Labute approximate surface area is 131 Å². The van der Waals surface area contributed by atoms with Gasteiger partial charge in [-0.05, 0) is 36.5 Å². The van der Waals surface area contributed by atoms with Crippen LogP contribution < -0.4 is 10.2 Å². The number of nitrogens with zero attached hydrogens (tertiary/aromatic N) is 2. The lowest BCUT2D eigenvalue weighted by Gasteiger charge is -2.13. The van der Waals surface area contributed by atoms with E-state index in [4.69, 9.17) is 24.4 Å². The van der Waals surface area contributed by atoms with Gasteiger partial charge in [-0.15, -0.1) is 0 Å². The highest BCUT2D eigenvalue weighted by atomic mass is 32.1. The van der Waals surface area contributed by atoms with E-state index >= 15 is 0 Å². The molecule has 0 amide bonds. The maximum atomic E-state index is 5.26. The highest BCUT2D eigenvalue weighted by Gasteiger charge is 2.08. The van der Waals surface area contributed by atoms with E-state index in [0.29, 0.717) is 15.2 Å². The van der Waals surface area contributed by atoms with Crippen LogP contribution in [0.15, 0.2) is 24.3 Å². The molecule has 8 heteroatoms. The van der Waals surface area contributed by atoms with Gasteiger partial charge in [0.25, 0.3) is 0 Å². The predicted molar refractivity (Wildman–Crippen MR) is 90.5 cm³/mol. The number of aromatic nitrogens is 4. The first-order valence-electron chi connectivity index (χ1n) is 6.29. The smallest absolute Gasteiger partial charge is 0.200 e. The molecule has 6 nitrogen and oxygen atoms in total. The fraction of sp³-hybridized carbons (Fsp3) is 0.154. The predicted octanol–water partition coefficient (Wildman–Crippen LogP) is 3.49. The van der Waals surface area contributed by atoms with Crippen LogP contribution in [0.3, 0.4) is 0 Å². The van der Waals surface area contributed by atoms with E-state index in [1.54, 1.807) is 0 Å². The molecule has 0 saturated carbocycles. The van der Waals surface area contributed by atoms with Crippen LogP contribution in [-0.4, -0.2) is 34.3 Å². The standard InChI is InChI=1S/C13H14N6S2/c1-19(2)8-5-3-7(4-6-8)14-10-9-11(16-13(21)15-10)17-18-12(9)20/h3-6H,1-2H3,(H4,14,15,16,17,18,20,21). The molecular weight excluding hydrogens is 304 g/mol. The summed E-state index contributed by atoms with van der Waals surface area (Å²) in [7, 11) is 4.01. The van der Waals surface area contributed by atoms with Gasteiger partial charge in [0.2, 0.25) is 0 Å². The molecule has 108 valence electrons. The van der Waals surface area contributed by atoms with Crippen LogP contribution >= 0.6 is 24.4 Å². The van der Waals surface area contributed by atoms with E-state index in [1.165, 1.54) is 0 Å². The van der Waals surface area contributed by atoms with Gasteiger partial charge in [0.05, 0.1) is 5.39 Å². The zero-order chi connectivity index (χ0) is 15.0. The summed E-state index contributed by atoms with van der Waals surface area (Å²) in [5.41, 5.74) is 2.78. The summed E-state index contributed by atoms with van der Waals surface area (Å²) in [6.45, 7) is 0. The van der Waals surface area contributed by atoms with E-state index in [9.17, 15) is 0 Å². The first kappa shape index (κ1) is 13.8. The summed E-state index contributed by atoms with van der Waals surface area (Å²) in [4.78, 5) is 9.33. The Morgan fingerprint density at radius 2 is 1.81 bits per heavy atom. The van der Waals surface area contributed by atoms with E-state index in [0.717, 1.165) is 22.4 Å². The molecule has 0 saturated heterocycles. The van der Waals surface area contributed by atoms with Gasteiger partial charge in [0, 0.05) is 25.5 Å². The average molecular weight is 318 g/mol. The Balaban J connectivity index is 2.03. The normalized spacial score (nSPS) is 10.8. The maximum Gasteiger partial charge on any atom is 0.200 e. The molecule has 1 aromatic carbocycles. The lowest BCUT2D eigenvalue weighted by atomic mass is 10.2. The highest BCUT2D eigenvalue weighted by Crippen LogP contribution is 2.24. The molecule has 2 aromatic heterocycles. The molecule has 0 atom stereocenters. The molecule has 0 aliphatic rings. The summed E-state index contributed by atoms with van der Waals surface area (Å²) in [6.07, 6.45) is 0. The van der Waals surface area contributed by atoms with Gasteiger partial charge in [-0.2, -0.15) is 0 Å². The average Bonchev–Trinajstić information content (AvgIpc) is 2.80. The van der Waals surface area contributed by atoms with E-state index < -0.39 is 0 Å². The van der Waals surface area contributed by atoms with Crippen LogP contribution in [0.4, 0.5) is 17.2 Å². The lowest BCUT2D eigenvalue weighted by molar-refractivity contribution is 1.07. The van der Waals surface area contributed by atoms with Crippen molar-refractivity contribution in [2.45, 2.75) is 0 Å². The van der Waals surface area contributed by atoms with Crippen molar-refractivity contribution in [1.29, 1.82) is 0 Å². The van der Waals surface area contributed by atoms with Crippen LogP contribution in [0.25, 0.3) is 11.0 Å². The highest BCUT2D eigenvalue weighted by molar-refractivity contribution is 7.71. The van der Waals surface area contributed by atoms with E-state index in [1.807, 2.05) is 43.3 Å². The van der Waals surface area contributed by atoms with Gasteiger partial charge < -0.3 is 15.2 Å². The summed E-state index contributed by atoms with van der Waals surface area (Å²) in [6, 6.07) is 8.03. The molecule has 4 N–H and O–H groups in total. The molecule has 0 radical (unpaired) electrons. The maximum absolute atomic E-state index is 5.26.